The Bertz CT molecular complexity index is 76.5. The quantitative estimate of drug-likeness (QED) is 0.445. The summed E-state index contributed by atoms with van der Waals surface area (Å²) >= 11 is -0.782. The molecule has 0 aromatic rings. The molecule has 0 N–H and O–H groups in total. The molecule has 0 aliphatic carbocycles. The fourth-order valence-electron chi connectivity index (χ4n) is 0.691. The Balaban J connectivity index is 2.39. The Labute approximate surface area is 52.4 Å². The second-order valence-electron chi connectivity index (χ2n) is 1.87. The molecule has 1 aliphatic rings. The maximum absolute atomic E-state index is 10.7. The van der Waals surface area contributed by atoms with Crippen molar-refractivity contribution in [2.75, 3.05) is 5.75 Å². The van der Waals surface area contributed by atoms with Crippen LogP contribution in [0.15, 0.2) is 0 Å². The van der Waals surface area contributed by atoms with E-state index in [9.17, 15) is 4.55 Å². The minimum atomic E-state index is -0.782. The summed E-state index contributed by atoms with van der Waals surface area (Å²) in [5, 5.41) is 0. The molecule has 1 aliphatic heterocycles. The number of ether oxygens (including phenoxy) is 1. The van der Waals surface area contributed by atoms with Crippen molar-refractivity contribution in [3.8, 4) is 0 Å². The Morgan fingerprint density at radius 2 is 2.50 bits per heavy atom. The number of rotatable bonds is 0. The van der Waals surface area contributed by atoms with Crippen molar-refractivity contribution in [3.05, 3.63) is 6.92 Å². The van der Waals surface area contributed by atoms with Crippen molar-refractivity contribution in [1.29, 1.82) is 0 Å². The van der Waals surface area contributed by atoms with Crippen LogP contribution in [0.25, 0.3) is 0 Å². The zero-order valence-corrected chi connectivity index (χ0v) is 5.61. The predicted molar refractivity (Wildman–Crippen MR) is 32.7 cm³/mol. The highest BCUT2D eigenvalue weighted by molar-refractivity contribution is 7.92. The van der Waals surface area contributed by atoms with Crippen LogP contribution < -0.4 is 0 Å². The molecule has 1 saturated heterocycles. The van der Waals surface area contributed by atoms with Gasteiger partial charge in [0, 0.05) is 6.92 Å². The highest BCUT2D eigenvalue weighted by atomic mass is 32.2. The molecule has 3 atom stereocenters. The van der Waals surface area contributed by atoms with E-state index < -0.39 is 11.2 Å². The number of hydrogen-bond acceptors (Lipinski definition) is 2. The molecule has 0 aromatic heterocycles. The van der Waals surface area contributed by atoms with Crippen LogP contribution in [0.1, 0.15) is 6.92 Å². The fourth-order valence-corrected chi connectivity index (χ4v) is 1.69. The summed E-state index contributed by atoms with van der Waals surface area (Å²) in [7, 11) is 0. The van der Waals surface area contributed by atoms with Gasteiger partial charge in [0.15, 0.2) is 0 Å². The molecule has 1 fully saturated rings. The lowest BCUT2D eigenvalue weighted by Crippen LogP contribution is -2.11. The molecular formula is C5H9O2S. The second-order valence-corrected chi connectivity index (χ2v) is 3.63. The zero-order chi connectivity index (χ0) is 6.15. The summed E-state index contributed by atoms with van der Waals surface area (Å²) < 4.78 is 15.8. The molecule has 0 aromatic carbocycles. The summed E-state index contributed by atoms with van der Waals surface area (Å²) in [5.74, 6) is 0.598. The predicted octanol–water partition coefficient (Wildman–Crippen LogP) is 0.314. The molecule has 0 spiro atoms. The monoisotopic (exact) mass is 133 g/mol. The van der Waals surface area contributed by atoms with Crippen molar-refractivity contribution in [1.82, 2.24) is 0 Å². The van der Waals surface area contributed by atoms with E-state index >= 15 is 0 Å². The lowest BCUT2D eigenvalue weighted by atomic mass is 10.5. The maximum atomic E-state index is 10.7. The van der Waals surface area contributed by atoms with Gasteiger partial charge in [-0.1, -0.05) is 0 Å². The van der Waals surface area contributed by atoms with Gasteiger partial charge in [0.25, 0.3) is 0 Å². The molecule has 0 bridgehead atoms. The van der Waals surface area contributed by atoms with E-state index in [1.54, 1.807) is 6.92 Å². The van der Waals surface area contributed by atoms with Gasteiger partial charge in [0.05, 0.1) is 0 Å². The standard InChI is InChI=1S/C5H9O2S/c1-4-3-8(6)5(2)7-4/h4-5H,1,3H2,2H3. The van der Waals surface area contributed by atoms with Gasteiger partial charge >= 0.3 is 0 Å². The normalized spacial score (nSPS) is 47.6. The van der Waals surface area contributed by atoms with Gasteiger partial charge in [-0.15, -0.1) is 0 Å². The van der Waals surface area contributed by atoms with Gasteiger partial charge in [0.1, 0.15) is 11.9 Å². The fraction of sp³-hybridized carbons (Fsp3) is 0.800. The van der Waals surface area contributed by atoms with Gasteiger partial charge < -0.3 is 9.29 Å². The average molecular weight is 133 g/mol. The lowest BCUT2D eigenvalue weighted by Gasteiger charge is -2.04. The molecule has 2 nitrogen and oxygen atoms in total. The van der Waals surface area contributed by atoms with E-state index in [1.807, 2.05) is 0 Å². The summed E-state index contributed by atoms with van der Waals surface area (Å²) in [6, 6.07) is 0. The van der Waals surface area contributed by atoms with Crippen LogP contribution in [-0.2, 0) is 15.9 Å². The molecule has 0 saturated carbocycles. The van der Waals surface area contributed by atoms with Crippen LogP contribution in [0.3, 0.4) is 0 Å². The highest BCUT2D eigenvalue weighted by Crippen LogP contribution is 2.16. The molecular weight excluding hydrogens is 124 g/mol. The topological polar surface area (TPSA) is 32.3 Å². The first-order valence-electron chi connectivity index (χ1n) is 2.56. The van der Waals surface area contributed by atoms with E-state index in [0.717, 1.165) is 0 Å². The number of hydrogen-bond donors (Lipinski definition) is 0. The minimum Gasteiger partial charge on any atom is -0.614 e. The summed E-state index contributed by atoms with van der Waals surface area (Å²) in [6.45, 7) is 5.43. The molecule has 8 heavy (non-hydrogen) atoms. The Hall–Kier alpha value is 0.270. The van der Waals surface area contributed by atoms with E-state index in [2.05, 4.69) is 6.92 Å². The SMILES string of the molecule is [CH2]C1C[S+]([O-])C(C)O1. The molecule has 47 valence electrons. The maximum Gasteiger partial charge on any atom is 0.213 e. The zero-order valence-electron chi connectivity index (χ0n) is 4.79. The lowest BCUT2D eigenvalue weighted by molar-refractivity contribution is 0.103. The third-order valence-electron chi connectivity index (χ3n) is 1.10. The van der Waals surface area contributed by atoms with Crippen molar-refractivity contribution in [3.63, 3.8) is 0 Å². The molecule has 3 unspecified atom stereocenters. The van der Waals surface area contributed by atoms with Crippen molar-refractivity contribution in [2.45, 2.75) is 18.5 Å². The molecule has 1 radical (unpaired) electrons. The van der Waals surface area contributed by atoms with Crippen LogP contribution >= 0.6 is 0 Å². The van der Waals surface area contributed by atoms with Crippen LogP contribution in [-0.4, -0.2) is 21.8 Å². The summed E-state index contributed by atoms with van der Waals surface area (Å²) in [6.07, 6.45) is -0.0502. The summed E-state index contributed by atoms with van der Waals surface area (Å²) in [4.78, 5) is 0. The average Bonchev–Trinajstić information content (AvgIpc) is 1.85. The first kappa shape index (κ1) is 6.39. The highest BCUT2D eigenvalue weighted by Gasteiger charge is 2.30. The van der Waals surface area contributed by atoms with Crippen LogP contribution in [0.5, 0.6) is 0 Å². The second kappa shape index (κ2) is 2.25. The van der Waals surface area contributed by atoms with Crippen LogP contribution in [0.4, 0.5) is 0 Å². The molecule has 3 heteroatoms. The van der Waals surface area contributed by atoms with Gasteiger partial charge in [-0.25, -0.2) is 0 Å². The van der Waals surface area contributed by atoms with Gasteiger partial charge in [-0.2, -0.15) is 0 Å². The van der Waals surface area contributed by atoms with E-state index in [-0.39, 0.29) is 11.5 Å². The van der Waals surface area contributed by atoms with Crippen molar-refractivity contribution < 1.29 is 9.29 Å². The Kier molecular flexibility index (Phi) is 1.80. The first-order valence-corrected chi connectivity index (χ1v) is 3.94. The van der Waals surface area contributed by atoms with Crippen LogP contribution in [0.2, 0.25) is 0 Å². The van der Waals surface area contributed by atoms with E-state index in [1.165, 1.54) is 0 Å². The Morgan fingerprint density at radius 1 is 1.88 bits per heavy atom. The minimum absolute atomic E-state index is 0.0502. The van der Waals surface area contributed by atoms with Crippen molar-refractivity contribution >= 4 is 11.2 Å². The van der Waals surface area contributed by atoms with Gasteiger partial charge in [-0.3, -0.25) is 0 Å². The molecule has 1 heterocycles. The van der Waals surface area contributed by atoms with Crippen molar-refractivity contribution in [2.24, 2.45) is 0 Å². The van der Waals surface area contributed by atoms with E-state index in [4.69, 9.17) is 4.74 Å². The molecule has 0 amide bonds. The summed E-state index contributed by atoms with van der Waals surface area (Å²) in [5.41, 5.74) is -0.0995. The van der Waals surface area contributed by atoms with E-state index in [0.29, 0.717) is 5.75 Å². The van der Waals surface area contributed by atoms with Gasteiger partial charge in [-0.05, 0) is 18.1 Å². The first-order chi connectivity index (χ1) is 3.70. The third-order valence-corrected chi connectivity index (χ3v) is 2.66. The Morgan fingerprint density at radius 3 is 2.62 bits per heavy atom. The van der Waals surface area contributed by atoms with Gasteiger partial charge in [0.2, 0.25) is 5.44 Å². The smallest absolute Gasteiger partial charge is 0.213 e. The van der Waals surface area contributed by atoms with Crippen LogP contribution in [0, 0.1) is 6.92 Å². The largest absolute Gasteiger partial charge is 0.614 e. The third kappa shape index (κ3) is 1.16. The molecule has 1 rings (SSSR count).